The number of amides is 1. The van der Waals surface area contributed by atoms with Gasteiger partial charge in [-0.15, -0.1) is 0 Å². The van der Waals surface area contributed by atoms with E-state index in [-0.39, 0.29) is 12.2 Å². The Balaban J connectivity index is 1.58. The third kappa shape index (κ3) is 3.71. The number of aromatic nitrogens is 1. The number of fused-ring (bicyclic) bond motifs is 1. The van der Waals surface area contributed by atoms with Gasteiger partial charge in [0.15, 0.2) is 12.4 Å². The highest BCUT2D eigenvalue weighted by molar-refractivity contribution is 5.92. The van der Waals surface area contributed by atoms with E-state index in [1.54, 1.807) is 19.3 Å². The minimum Gasteiger partial charge on any atom is -0.464 e. The summed E-state index contributed by atoms with van der Waals surface area (Å²) in [4.78, 5) is 23.7. The molecule has 7 nitrogen and oxygen atoms in total. The second-order valence-corrected chi connectivity index (χ2v) is 5.85. The monoisotopic (exact) mass is 342 g/mol. The Morgan fingerprint density at radius 3 is 2.76 bits per heavy atom. The molecule has 0 aliphatic rings. The minimum absolute atomic E-state index is 0.0336. The maximum Gasteiger partial charge on any atom is 0.310 e. The summed E-state index contributed by atoms with van der Waals surface area (Å²) in [5.41, 5.74) is 3.66. The van der Waals surface area contributed by atoms with Crippen LogP contribution in [0, 0.1) is 20.8 Å². The number of nitrogens with one attached hydrogen (secondary N) is 1. The van der Waals surface area contributed by atoms with Gasteiger partial charge in [-0.2, -0.15) is 0 Å². The molecule has 2 aromatic heterocycles. The molecule has 0 bridgehead atoms. The number of rotatable bonds is 5. The van der Waals surface area contributed by atoms with E-state index in [1.807, 2.05) is 26.0 Å². The summed E-state index contributed by atoms with van der Waals surface area (Å²) in [6.45, 7) is 5.29. The molecular formula is C18H18N2O5. The number of aryl methyl sites for hydroxylation is 3. The lowest BCUT2D eigenvalue weighted by Crippen LogP contribution is -2.21. The Morgan fingerprint density at radius 1 is 1.24 bits per heavy atom. The van der Waals surface area contributed by atoms with Gasteiger partial charge >= 0.3 is 5.97 Å². The number of ether oxygens (including phenoxy) is 1. The molecule has 0 radical (unpaired) electrons. The molecule has 0 aliphatic heterocycles. The van der Waals surface area contributed by atoms with Crippen molar-refractivity contribution in [1.82, 2.24) is 5.16 Å². The number of furan rings is 1. The largest absolute Gasteiger partial charge is 0.464 e. The van der Waals surface area contributed by atoms with Crippen LogP contribution in [0.1, 0.15) is 22.5 Å². The molecule has 0 atom stereocenters. The number of hydrogen-bond acceptors (Lipinski definition) is 6. The molecular weight excluding hydrogens is 324 g/mol. The fraction of sp³-hybridized carbons (Fsp3) is 0.278. The van der Waals surface area contributed by atoms with Gasteiger partial charge in [0.05, 0.1) is 12.7 Å². The summed E-state index contributed by atoms with van der Waals surface area (Å²) in [5, 5.41) is 6.99. The SMILES string of the molecule is Cc1cc(NC(=O)COC(=O)Cc2coc3c(C)c(C)ccc23)no1. The van der Waals surface area contributed by atoms with Crippen LogP contribution in [0.5, 0.6) is 0 Å². The Bertz CT molecular complexity index is 938. The smallest absolute Gasteiger partial charge is 0.310 e. The van der Waals surface area contributed by atoms with E-state index < -0.39 is 18.5 Å². The lowest BCUT2D eigenvalue weighted by molar-refractivity contribution is -0.146. The Morgan fingerprint density at radius 2 is 2.04 bits per heavy atom. The van der Waals surface area contributed by atoms with Crippen molar-refractivity contribution in [1.29, 1.82) is 0 Å². The number of carbonyl (C=O) groups is 2. The van der Waals surface area contributed by atoms with Crippen LogP contribution in [0.4, 0.5) is 5.82 Å². The normalized spacial score (nSPS) is 10.8. The fourth-order valence-corrected chi connectivity index (χ4v) is 2.48. The van der Waals surface area contributed by atoms with Crippen molar-refractivity contribution in [2.24, 2.45) is 0 Å². The second-order valence-electron chi connectivity index (χ2n) is 5.85. The molecule has 25 heavy (non-hydrogen) atoms. The van der Waals surface area contributed by atoms with Gasteiger partial charge in [0.2, 0.25) is 0 Å². The summed E-state index contributed by atoms with van der Waals surface area (Å²) < 4.78 is 15.4. The van der Waals surface area contributed by atoms with Gasteiger partial charge in [-0.1, -0.05) is 17.3 Å². The first-order chi connectivity index (χ1) is 11.9. The van der Waals surface area contributed by atoms with E-state index in [2.05, 4.69) is 10.5 Å². The van der Waals surface area contributed by atoms with Crippen molar-refractivity contribution in [3.63, 3.8) is 0 Å². The molecule has 3 rings (SSSR count). The molecule has 130 valence electrons. The molecule has 1 amide bonds. The van der Waals surface area contributed by atoms with E-state index in [1.165, 1.54) is 0 Å². The van der Waals surface area contributed by atoms with Crippen molar-refractivity contribution >= 4 is 28.7 Å². The second kappa shape index (κ2) is 6.80. The average molecular weight is 342 g/mol. The van der Waals surface area contributed by atoms with E-state index >= 15 is 0 Å². The lowest BCUT2D eigenvalue weighted by atomic mass is 10.0. The number of benzene rings is 1. The van der Waals surface area contributed by atoms with Crippen molar-refractivity contribution in [2.75, 3.05) is 11.9 Å². The quantitative estimate of drug-likeness (QED) is 0.716. The van der Waals surface area contributed by atoms with Crippen molar-refractivity contribution in [3.05, 3.63) is 46.9 Å². The van der Waals surface area contributed by atoms with Crippen LogP contribution in [0.3, 0.4) is 0 Å². The molecule has 0 fully saturated rings. The Hall–Kier alpha value is -3.09. The van der Waals surface area contributed by atoms with E-state index in [9.17, 15) is 9.59 Å². The first-order valence-electron chi connectivity index (χ1n) is 7.79. The standard InChI is InChI=1S/C18H18N2O5/c1-10-4-5-14-13(8-24-18(14)12(10)3)7-17(22)23-9-16(21)19-15-6-11(2)25-20-15/h4-6,8H,7,9H2,1-3H3,(H,19,20,21). The van der Waals surface area contributed by atoms with Crippen molar-refractivity contribution in [2.45, 2.75) is 27.2 Å². The van der Waals surface area contributed by atoms with Gasteiger partial charge < -0.3 is 19.0 Å². The highest BCUT2D eigenvalue weighted by Gasteiger charge is 2.15. The third-order valence-corrected chi connectivity index (χ3v) is 3.94. The highest BCUT2D eigenvalue weighted by Crippen LogP contribution is 2.26. The van der Waals surface area contributed by atoms with Gasteiger partial charge in [0.25, 0.3) is 5.91 Å². The van der Waals surface area contributed by atoms with Gasteiger partial charge in [0, 0.05) is 17.0 Å². The third-order valence-electron chi connectivity index (χ3n) is 3.94. The lowest BCUT2D eigenvalue weighted by Gasteiger charge is -2.04. The molecule has 1 aromatic carbocycles. The van der Waals surface area contributed by atoms with E-state index in [4.69, 9.17) is 13.7 Å². The van der Waals surface area contributed by atoms with Crippen LogP contribution in [-0.4, -0.2) is 23.6 Å². The van der Waals surface area contributed by atoms with Gasteiger partial charge in [-0.25, -0.2) is 0 Å². The zero-order valence-electron chi connectivity index (χ0n) is 14.2. The molecule has 2 heterocycles. The Labute approximate surface area is 143 Å². The van der Waals surface area contributed by atoms with Crippen LogP contribution in [0.25, 0.3) is 11.0 Å². The van der Waals surface area contributed by atoms with Crippen LogP contribution in [0.15, 0.2) is 33.4 Å². The number of anilines is 1. The number of nitrogens with zero attached hydrogens (tertiary/aromatic N) is 1. The molecule has 0 saturated heterocycles. The zero-order chi connectivity index (χ0) is 18.0. The van der Waals surface area contributed by atoms with Crippen molar-refractivity contribution in [3.8, 4) is 0 Å². The number of hydrogen-bond donors (Lipinski definition) is 1. The molecule has 0 spiro atoms. The summed E-state index contributed by atoms with van der Waals surface area (Å²) >= 11 is 0. The fourth-order valence-electron chi connectivity index (χ4n) is 2.48. The molecule has 7 heteroatoms. The maximum atomic E-state index is 12.0. The van der Waals surface area contributed by atoms with Gasteiger partial charge in [0.1, 0.15) is 11.3 Å². The topological polar surface area (TPSA) is 94.6 Å². The predicted molar refractivity (Wildman–Crippen MR) is 90.2 cm³/mol. The average Bonchev–Trinajstić information content (AvgIpc) is 3.16. The molecule has 3 aromatic rings. The van der Waals surface area contributed by atoms with Crippen LogP contribution < -0.4 is 5.32 Å². The first-order valence-corrected chi connectivity index (χ1v) is 7.79. The summed E-state index contributed by atoms with van der Waals surface area (Å²) in [7, 11) is 0. The summed E-state index contributed by atoms with van der Waals surface area (Å²) in [6.07, 6.45) is 1.59. The first kappa shape index (κ1) is 16.8. The van der Waals surface area contributed by atoms with Crippen LogP contribution >= 0.6 is 0 Å². The molecule has 0 saturated carbocycles. The molecule has 0 unspecified atom stereocenters. The number of carbonyl (C=O) groups excluding carboxylic acids is 2. The van der Waals surface area contributed by atoms with Crippen LogP contribution in [-0.2, 0) is 20.7 Å². The Kier molecular flexibility index (Phi) is 4.56. The number of esters is 1. The molecule has 1 N–H and O–H groups in total. The van der Waals surface area contributed by atoms with Gasteiger partial charge in [-0.3, -0.25) is 9.59 Å². The maximum absolute atomic E-state index is 12.0. The predicted octanol–water partition coefficient (Wildman–Crippen LogP) is 3.07. The summed E-state index contributed by atoms with van der Waals surface area (Å²) in [6, 6.07) is 5.47. The zero-order valence-corrected chi connectivity index (χ0v) is 14.2. The van der Waals surface area contributed by atoms with E-state index in [0.717, 1.165) is 27.7 Å². The minimum atomic E-state index is -0.507. The van der Waals surface area contributed by atoms with Crippen molar-refractivity contribution < 1.29 is 23.3 Å². The van der Waals surface area contributed by atoms with Gasteiger partial charge in [-0.05, 0) is 31.9 Å². The summed E-state index contributed by atoms with van der Waals surface area (Å²) in [5.74, 6) is -0.132. The molecule has 0 aliphatic carbocycles. The van der Waals surface area contributed by atoms with E-state index in [0.29, 0.717) is 5.76 Å². The highest BCUT2D eigenvalue weighted by atomic mass is 16.5. The van der Waals surface area contributed by atoms with Crippen LogP contribution in [0.2, 0.25) is 0 Å².